The van der Waals surface area contributed by atoms with Crippen LogP contribution in [0.3, 0.4) is 0 Å². The Labute approximate surface area is 145 Å². The van der Waals surface area contributed by atoms with Gasteiger partial charge in [0, 0.05) is 12.1 Å². The van der Waals surface area contributed by atoms with Gasteiger partial charge in [-0.15, -0.1) is 0 Å². The second kappa shape index (κ2) is 7.80. The van der Waals surface area contributed by atoms with E-state index in [4.69, 9.17) is 17.2 Å². The minimum absolute atomic E-state index is 0.163. The van der Waals surface area contributed by atoms with Crippen molar-refractivity contribution >= 4 is 23.2 Å². The van der Waals surface area contributed by atoms with Crippen LogP contribution < -0.4 is 0 Å². The molecule has 0 amide bonds. The molecule has 3 rings (SSSR count). The van der Waals surface area contributed by atoms with Crippen molar-refractivity contribution in [2.45, 2.75) is 13.3 Å². The molecule has 114 valence electrons. The molecular formula is C16H11Cl2F3Hf. The van der Waals surface area contributed by atoms with Gasteiger partial charge in [-0.25, -0.2) is 13.2 Å². The first-order valence-corrected chi connectivity index (χ1v) is 15.3. The first kappa shape index (κ1) is 17.8. The van der Waals surface area contributed by atoms with Crippen LogP contribution in [-0.4, -0.2) is 0 Å². The molecule has 0 aromatic heterocycles. The zero-order valence-electron chi connectivity index (χ0n) is 11.6. The summed E-state index contributed by atoms with van der Waals surface area (Å²) in [6, 6.07) is 6.79. The Hall–Kier alpha value is -0.580. The molecule has 0 heterocycles. The van der Waals surface area contributed by atoms with E-state index in [1.54, 1.807) is 12.1 Å². The van der Waals surface area contributed by atoms with Gasteiger partial charge in [-0.05, 0) is 30.0 Å². The zero-order valence-corrected chi connectivity index (χ0v) is 16.7. The second-order valence-electron chi connectivity index (χ2n) is 4.86. The monoisotopic (exact) mass is 510 g/mol. The third-order valence-corrected chi connectivity index (χ3v) is 3.33. The molecule has 1 aliphatic carbocycles. The molecule has 0 unspecified atom stereocenters. The third kappa shape index (κ3) is 3.84. The summed E-state index contributed by atoms with van der Waals surface area (Å²) in [6.07, 6.45) is 2.71. The fourth-order valence-corrected chi connectivity index (χ4v) is 2.55. The summed E-state index contributed by atoms with van der Waals surface area (Å²) in [5.41, 5.74) is 3.32. The molecule has 2 aromatic carbocycles. The predicted molar refractivity (Wildman–Crippen MR) is 80.8 cm³/mol. The van der Waals surface area contributed by atoms with E-state index in [0.29, 0.717) is 17.7 Å². The average Bonchev–Trinajstić information content (AvgIpc) is 2.79. The van der Waals surface area contributed by atoms with E-state index in [2.05, 4.69) is 0 Å². The van der Waals surface area contributed by atoms with Gasteiger partial charge >= 0.3 is 37.7 Å². The standard InChI is InChI=1S/C16H11F3.2ClH.Hf/c1-9-5-10-3-2-4-12(13(10)6-9)16-14(18)7-11(17)8-15(16)19;;;/h2-4,6-8H,5H2,1H3;2*1H;/q;;;+2/p-2. The summed E-state index contributed by atoms with van der Waals surface area (Å²) in [5.74, 6) is -2.65. The van der Waals surface area contributed by atoms with Crippen LogP contribution in [0.25, 0.3) is 17.2 Å². The number of allylic oxidation sites excluding steroid dienone is 1. The van der Waals surface area contributed by atoms with E-state index in [-0.39, 0.29) is 5.56 Å². The molecule has 0 spiro atoms. The number of halogens is 5. The average molecular weight is 510 g/mol. The first-order chi connectivity index (χ1) is 10.5. The van der Waals surface area contributed by atoms with E-state index < -0.39 is 38.0 Å². The van der Waals surface area contributed by atoms with Gasteiger partial charge in [-0.1, -0.05) is 29.8 Å². The van der Waals surface area contributed by atoms with Gasteiger partial charge in [0.05, 0.1) is 5.56 Å². The normalized spacial score (nSPS) is 12.2. The van der Waals surface area contributed by atoms with Crippen molar-refractivity contribution in [3.8, 4) is 11.1 Å². The van der Waals surface area contributed by atoms with Crippen molar-refractivity contribution in [1.29, 1.82) is 0 Å². The van der Waals surface area contributed by atoms with Gasteiger partial charge in [0.2, 0.25) is 0 Å². The van der Waals surface area contributed by atoms with Gasteiger partial charge in [0.25, 0.3) is 0 Å². The number of fused-ring (bicyclic) bond motifs is 1. The van der Waals surface area contributed by atoms with Crippen LogP contribution in [0.4, 0.5) is 13.2 Å². The first-order valence-electron chi connectivity index (χ1n) is 6.38. The Morgan fingerprint density at radius 1 is 1.05 bits per heavy atom. The number of rotatable bonds is 1. The SMILES string of the molecule is CC1=Cc2c(cccc2-c2c(F)cc(F)cc2F)C1.[Cl][Hf][Cl]. The van der Waals surface area contributed by atoms with Crippen molar-refractivity contribution in [2.24, 2.45) is 0 Å². The fourth-order valence-electron chi connectivity index (χ4n) is 2.55. The molecule has 1 aliphatic rings. The predicted octanol–water partition coefficient (Wildman–Crippen LogP) is 6.11. The van der Waals surface area contributed by atoms with Crippen LogP contribution in [0.1, 0.15) is 18.1 Å². The van der Waals surface area contributed by atoms with E-state index in [1.165, 1.54) is 0 Å². The van der Waals surface area contributed by atoms with Crippen molar-refractivity contribution < 1.29 is 33.7 Å². The molecule has 0 N–H and O–H groups in total. The molecule has 0 saturated heterocycles. The van der Waals surface area contributed by atoms with Crippen LogP contribution in [0.5, 0.6) is 0 Å². The third-order valence-electron chi connectivity index (χ3n) is 3.33. The van der Waals surface area contributed by atoms with Crippen LogP contribution in [0, 0.1) is 17.5 Å². The van der Waals surface area contributed by atoms with Gasteiger partial charge in [-0.2, -0.15) is 0 Å². The van der Waals surface area contributed by atoms with E-state index in [1.807, 2.05) is 19.1 Å². The van der Waals surface area contributed by atoms with Gasteiger partial charge in [-0.3, -0.25) is 0 Å². The molecule has 6 heteroatoms. The Bertz CT molecular complexity index is 706. The van der Waals surface area contributed by atoms with Crippen molar-refractivity contribution in [1.82, 2.24) is 0 Å². The molecule has 2 aromatic rings. The van der Waals surface area contributed by atoms with Gasteiger partial charge < -0.3 is 0 Å². The summed E-state index contributed by atoms with van der Waals surface area (Å²) in [7, 11) is 9.92. The summed E-state index contributed by atoms with van der Waals surface area (Å²) < 4.78 is 40.7. The maximum absolute atomic E-state index is 13.9. The van der Waals surface area contributed by atoms with Crippen LogP contribution in [0.2, 0.25) is 0 Å². The van der Waals surface area contributed by atoms with Crippen molar-refractivity contribution in [3.63, 3.8) is 0 Å². The van der Waals surface area contributed by atoms with Crippen molar-refractivity contribution in [2.75, 3.05) is 0 Å². The summed E-state index contributed by atoms with van der Waals surface area (Å²) in [6.45, 7) is 1.97. The molecule has 22 heavy (non-hydrogen) atoms. The molecule has 0 saturated carbocycles. The van der Waals surface area contributed by atoms with E-state index in [0.717, 1.165) is 23.1 Å². The molecule has 0 atom stereocenters. The molecular weight excluding hydrogens is 499 g/mol. The van der Waals surface area contributed by atoms with Gasteiger partial charge in [0.15, 0.2) is 0 Å². The van der Waals surface area contributed by atoms with E-state index in [9.17, 15) is 13.2 Å². The fraction of sp³-hybridized carbons (Fsp3) is 0.125. The van der Waals surface area contributed by atoms with Crippen LogP contribution >= 0.6 is 17.2 Å². The molecule has 0 fully saturated rings. The molecule has 0 bridgehead atoms. The van der Waals surface area contributed by atoms with Gasteiger partial charge in [0.1, 0.15) is 17.5 Å². The van der Waals surface area contributed by atoms with Crippen LogP contribution in [0.15, 0.2) is 35.9 Å². The van der Waals surface area contributed by atoms with Crippen molar-refractivity contribution in [3.05, 3.63) is 64.5 Å². The summed E-state index contributed by atoms with van der Waals surface area (Å²) >= 11 is -0.972. The summed E-state index contributed by atoms with van der Waals surface area (Å²) in [5, 5.41) is 0. The summed E-state index contributed by atoms with van der Waals surface area (Å²) in [4.78, 5) is 0. The number of benzene rings is 2. The Morgan fingerprint density at radius 2 is 1.64 bits per heavy atom. The van der Waals surface area contributed by atoms with E-state index >= 15 is 0 Å². The molecule has 0 radical (unpaired) electrons. The maximum atomic E-state index is 13.9. The quantitative estimate of drug-likeness (QED) is 0.407. The zero-order chi connectivity index (χ0) is 16.3. The second-order valence-corrected chi connectivity index (χ2v) is 10.1. The molecule has 0 nitrogen and oxygen atoms in total. The Kier molecular flexibility index (Phi) is 6.30. The minimum atomic E-state index is -0.972. The van der Waals surface area contributed by atoms with Crippen LogP contribution in [-0.2, 0) is 27.0 Å². The Balaban J connectivity index is 0.000000545. The number of hydrogen-bond donors (Lipinski definition) is 0. The Morgan fingerprint density at radius 3 is 2.23 bits per heavy atom. The number of hydrogen-bond acceptors (Lipinski definition) is 0. The topological polar surface area (TPSA) is 0 Å². The molecule has 0 aliphatic heterocycles.